The number of para-hydroxylation sites is 1. The van der Waals surface area contributed by atoms with Crippen LogP contribution in [0.2, 0.25) is 0 Å². The van der Waals surface area contributed by atoms with Crippen LogP contribution in [0.15, 0.2) is 30.3 Å². The summed E-state index contributed by atoms with van der Waals surface area (Å²) in [6, 6.07) is 9.01. The van der Waals surface area contributed by atoms with Crippen molar-refractivity contribution in [1.82, 2.24) is 0 Å². The van der Waals surface area contributed by atoms with Gasteiger partial charge in [-0.1, -0.05) is 108 Å². The topological polar surface area (TPSA) is 55.8 Å². The van der Waals surface area contributed by atoms with Crippen LogP contribution in [0.3, 0.4) is 0 Å². The lowest BCUT2D eigenvalue weighted by molar-refractivity contribution is 0.0973. The summed E-state index contributed by atoms with van der Waals surface area (Å²) in [4.78, 5) is 11.5. The Morgan fingerprint density at radius 2 is 1.03 bits per heavy atom. The van der Waals surface area contributed by atoms with Crippen molar-refractivity contribution in [3.8, 4) is 5.75 Å². The minimum Gasteiger partial charge on any atom is -0.434 e. The van der Waals surface area contributed by atoms with Crippen LogP contribution in [0.25, 0.3) is 0 Å². The third-order valence-corrected chi connectivity index (χ3v) is 5.22. The SMILES string of the molecule is O=C(OCCCCCCCCCCCCCCCCCCO)Oc1ccccc1. The van der Waals surface area contributed by atoms with Crippen molar-refractivity contribution in [3.05, 3.63) is 30.3 Å². The highest BCUT2D eigenvalue weighted by Crippen LogP contribution is 2.14. The standard InChI is InChI=1S/C25H42O4/c26-22-18-13-11-9-7-5-3-1-2-4-6-8-10-12-14-19-23-28-25(27)29-24-20-16-15-17-21-24/h15-17,20-21,26H,1-14,18-19,22-23H2. The molecule has 1 N–H and O–H groups in total. The molecule has 0 unspecified atom stereocenters. The number of ether oxygens (including phenoxy) is 2. The van der Waals surface area contributed by atoms with E-state index in [0.29, 0.717) is 19.0 Å². The molecule has 1 rings (SSSR count). The van der Waals surface area contributed by atoms with Crippen molar-refractivity contribution in [1.29, 1.82) is 0 Å². The fraction of sp³-hybridized carbons (Fsp3) is 0.720. The van der Waals surface area contributed by atoms with E-state index in [2.05, 4.69) is 0 Å². The molecule has 1 aromatic carbocycles. The molecular formula is C25H42O4. The second-order valence-electron chi connectivity index (χ2n) is 7.89. The Morgan fingerprint density at radius 1 is 0.621 bits per heavy atom. The second-order valence-corrected chi connectivity index (χ2v) is 7.89. The van der Waals surface area contributed by atoms with Gasteiger partial charge in [0.1, 0.15) is 5.75 Å². The van der Waals surface area contributed by atoms with Crippen molar-refractivity contribution in [3.63, 3.8) is 0 Å². The minimum absolute atomic E-state index is 0.347. The maximum atomic E-state index is 11.5. The number of hydrogen-bond donors (Lipinski definition) is 1. The van der Waals surface area contributed by atoms with Gasteiger partial charge >= 0.3 is 6.16 Å². The van der Waals surface area contributed by atoms with Crippen LogP contribution in [0.5, 0.6) is 5.75 Å². The smallest absolute Gasteiger partial charge is 0.434 e. The Bertz CT molecular complexity index is 475. The fourth-order valence-electron chi connectivity index (χ4n) is 3.46. The molecule has 0 saturated carbocycles. The molecule has 4 heteroatoms. The molecule has 0 aliphatic rings. The molecule has 1 aromatic rings. The Morgan fingerprint density at radius 3 is 1.48 bits per heavy atom. The number of rotatable bonds is 19. The molecule has 0 heterocycles. The van der Waals surface area contributed by atoms with Gasteiger partial charge in [-0.3, -0.25) is 0 Å². The summed E-state index contributed by atoms with van der Waals surface area (Å²) in [6.45, 7) is 0.785. The molecular weight excluding hydrogens is 364 g/mol. The molecule has 0 saturated heterocycles. The molecule has 0 bridgehead atoms. The maximum Gasteiger partial charge on any atom is 0.513 e. The number of benzene rings is 1. The number of hydrogen-bond acceptors (Lipinski definition) is 4. The first-order valence-corrected chi connectivity index (χ1v) is 11.8. The van der Waals surface area contributed by atoms with E-state index in [1.807, 2.05) is 18.2 Å². The Hall–Kier alpha value is -1.55. The molecule has 0 aliphatic carbocycles. The summed E-state index contributed by atoms with van der Waals surface area (Å²) in [5, 5.41) is 8.73. The minimum atomic E-state index is -0.613. The van der Waals surface area contributed by atoms with E-state index >= 15 is 0 Å². The van der Waals surface area contributed by atoms with E-state index in [9.17, 15) is 4.79 Å². The van der Waals surface area contributed by atoms with Crippen LogP contribution in [0, 0.1) is 0 Å². The van der Waals surface area contributed by atoms with Gasteiger partial charge in [-0.15, -0.1) is 0 Å². The predicted molar refractivity (Wildman–Crippen MR) is 119 cm³/mol. The predicted octanol–water partition coefficient (Wildman–Crippen LogP) is 7.44. The highest BCUT2D eigenvalue weighted by Gasteiger charge is 2.04. The zero-order valence-electron chi connectivity index (χ0n) is 18.3. The molecule has 0 amide bonds. The fourth-order valence-corrected chi connectivity index (χ4v) is 3.46. The Balaban J connectivity index is 1.73. The zero-order chi connectivity index (χ0) is 20.8. The molecule has 166 valence electrons. The van der Waals surface area contributed by atoms with Crippen LogP contribution in [0.1, 0.15) is 103 Å². The quantitative estimate of drug-likeness (QED) is 0.147. The van der Waals surface area contributed by atoms with Crippen LogP contribution in [0.4, 0.5) is 4.79 Å². The van der Waals surface area contributed by atoms with Gasteiger partial charge < -0.3 is 14.6 Å². The van der Waals surface area contributed by atoms with Crippen LogP contribution in [-0.4, -0.2) is 24.5 Å². The zero-order valence-corrected chi connectivity index (χ0v) is 18.3. The van der Waals surface area contributed by atoms with Gasteiger partial charge in [0.15, 0.2) is 0 Å². The van der Waals surface area contributed by atoms with E-state index in [0.717, 1.165) is 19.3 Å². The van der Waals surface area contributed by atoms with Crippen molar-refractivity contribution >= 4 is 6.16 Å². The summed E-state index contributed by atoms with van der Waals surface area (Å²) in [5.74, 6) is 0.520. The second kappa shape index (κ2) is 19.8. The van der Waals surface area contributed by atoms with Crippen LogP contribution in [-0.2, 0) is 4.74 Å². The normalized spacial score (nSPS) is 10.8. The van der Waals surface area contributed by atoms with E-state index in [-0.39, 0.29) is 0 Å². The van der Waals surface area contributed by atoms with Crippen LogP contribution >= 0.6 is 0 Å². The number of aliphatic hydroxyl groups is 1. The van der Waals surface area contributed by atoms with E-state index < -0.39 is 6.16 Å². The highest BCUT2D eigenvalue weighted by molar-refractivity contribution is 5.63. The molecule has 0 spiro atoms. The van der Waals surface area contributed by atoms with Gasteiger partial charge in [0.2, 0.25) is 0 Å². The number of unbranched alkanes of at least 4 members (excludes halogenated alkanes) is 15. The van der Waals surface area contributed by atoms with Crippen molar-refractivity contribution < 1.29 is 19.4 Å². The van der Waals surface area contributed by atoms with Gasteiger partial charge in [0, 0.05) is 6.61 Å². The van der Waals surface area contributed by atoms with Gasteiger partial charge in [-0.05, 0) is 25.0 Å². The summed E-state index contributed by atoms with van der Waals surface area (Å²) in [5.41, 5.74) is 0. The molecule has 0 fully saturated rings. The first-order valence-electron chi connectivity index (χ1n) is 11.8. The Kier molecular flexibility index (Phi) is 17.4. The van der Waals surface area contributed by atoms with Crippen molar-refractivity contribution in [2.45, 2.75) is 103 Å². The monoisotopic (exact) mass is 406 g/mol. The number of carbonyl (C=O) groups is 1. The Labute approximate surface area is 178 Å². The molecule has 0 atom stereocenters. The van der Waals surface area contributed by atoms with E-state index in [1.165, 1.54) is 83.5 Å². The first-order chi connectivity index (χ1) is 14.3. The molecule has 29 heavy (non-hydrogen) atoms. The lowest BCUT2D eigenvalue weighted by atomic mass is 10.0. The molecule has 4 nitrogen and oxygen atoms in total. The number of carbonyl (C=O) groups excluding carboxylic acids is 1. The third kappa shape index (κ3) is 17.1. The first kappa shape index (κ1) is 25.5. The molecule has 0 aliphatic heterocycles. The van der Waals surface area contributed by atoms with Gasteiger partial charge in [-0.2, -0.15) is 0 Å². The van der Waals surface area contributed by atoms with E-state index in [4.69, 9.17) is 14.6 Å². The summed E-state index contributed by atoms with van der Waals surface area (Å²) >= 11 is 0. The van der Waals surface area contributed by atoms with Crippen molar-refractivity contribution in [2.75, 3.05) is 13.2 Å². The lowest BCUT2D eigenvalue weighted by Crippen LogP contribution is -2.11. The molecule has 0 radical (unpaired) electrons. The average Bonchev–Trinajstić information content (AvgIpc) is 2.73. The largest absolute Gasteiger partial charge is 0.513 e. The van der Waals surface area contributed by atoms with Gasteiger partial charge in [0.05, 0.1) is 6.61 Å². The molecule has 0 aromatic heterocycles. The lowest BCUT2D eigenvalue weighted by Gasteiger charge is -2.06. The third-order valence-electron chi connectivity index (χ3n) is 5.22. The van der Waals surface area contributed by atoms with Crippen molar-refractivity contribution in [2.24, 2.45) is 0 Å². The van der Waals surface area contributed by atoms with E-state index in [1.54, 1.807) is 12.1 Å². The van der Waals surface area contributed by atoms with Crippen LogP contribution < -0.4 is 4.74 Å². The average molecular weight is 407 g/mol. The maximum absolute atomic E-state index is 11.5. The highest BCUT2D eigenvalue weighted by atomic mass is 16.7. The number of aliphatic hydroxyl groups excluding tert-OH is 1. The summed E-state index contributed by atoms with van der Waals surface area (Å²) < 4.78 is 10.2. The van der Waals surface area contributed by atoms with Gasteiger partial charge in [0.25, 0.3) is 0 Å². The summed E-state index contributed by atoms with van der Waals surface area (Å²) in [6.07, 6.45) is 19.6. The van der Waals surface area contributed by atoms with Gasteiger partial charge in [-0.25, -0.2) is 4.79 Å². The summed E-state index contributed by atoms with van der Waals surface area (Å²) in [7, 11) is 0.